The van der Waals surface area contributed by atoms with E-state index < -0.39 is 0 Å². The van der Waals surface area contributed by atoms with Crippen molar-refractivity contribution in [2.24, 2.45) is 5.73 Å². The van der Waals surface area contributed by atoms with E-state index in [9.17, 15) is 4.79 Å². The molecule has 1 aromatic carbocycles. The van der Waals surface area contributed by atoms with Gasteiger partial charge in [-0.1, -0.05) is 56.5 Å². The second-order valence-electron chi connectivity index (χ2n) is 6.89. The first-order valence-electron chi connectivity index (χ1n) is 9.91. The summed E-state index contributed by atoms with van der Waals surface area (Å²) in [5, 5.41) is 14.2. The molecule has 1 amide bonds. The number of amides is 1. The monoisotopic (exact) mass is 395 g/mol. The highest BCUT2D eigenvalue weighted by molar-refractivity contribution is 5.70. The summed E-state index contributed by atoms with van der Waals surface area (Å²) in [7, 11) is 0. The first-order chi connectivity index (χ1) is 13.5. The maximum atomic E-state index is 9.22. The van der Waals surface area contributed by atoms with Gasteiger partial charge in [-0.15, -0.1) is 0 Å². The molecule has 0 spiro atoms. The van der Waals surface area contributed by atoms with Gasteiger partial charge in [-0.2, -0.15) is 0 Å². The SMILES string of the molecule is CC(N)=O.CCCCCCNCC1(NCCc2ccccc2)COC1.O=CO. The molecule has 1 aliphatic heterocycles. The number of unbranched alkanes of at least 4 members (excludes halogenated alkanes) is 3. The Balaban J connectivity index is 0.000000904. The first-order valence-corrected chi connectivity index (χ1v) is 9.91. The Morgan fingerprint density at radius 1 is 1.21 bits per heavy atom. The molecule has 0 aromatic heterocycles. The van der Waals surface area contributed by atoms with Gasteiger partial charge in [0.25, 0.3) is 6.47 Å². The molecule has 28 heavy (non-hydrogen) atoms. The molecule has 0 atom stereocenters. The number of rotatable bonds is 11. The second-order valence-corrected chi connectivity index (χ2v) is 6.89. The van der Waals surface area contributed by atoms with Gasteiger partial charge in [0.15, 0.2) is 0 Å². The van der Waals surface area contributed by atoms with Crippen molar-refractivity contribution in [3.63, 3.8) is 0 Å². The van der Waals surface area contributed by atoms with E-state index in [-0.39, 0.29) is 17.9 Å². The molecule has 1 saturated heterocycles. The summed E-state index contributed by atoms with van der Waals surface area (Å²) in [5.41, 5.74) is 6.03. The van der Waals surface area contributed by atoms with E-state index in [0.29, 0.717) is 0 Å². The third-order valence-corrected chi connectivity index (χ3v) is 4.18. The molecule has 7 heteroatoms. The molecule has 1 aromatic rings. The van der Waals surface area contributed by atoms with Crippen molar-refractivity contribution >= 4 is 12.4 Å². The largest absolute Gasteiger partial charge is 0.483 e. The molecule has 0 saturated carbocycles. The summed E-state index contributed by atoms with van der Waals surface area (Å²) >= 11 is 0. The predicted molar refractivity (Wildman–Crippen MR) is 112 cm³/mol. The zero-order valence-electron chi connectivity index (χ0n) is 17.3. The molecule has 2 rings (SSSR count). The highest BCUT2D eigenvalue weighted by Gasteiger charge is 2.37. The van der Waals surface area contributed by atoms with Crippen LogP contribution in [-0.4, -0.2) is 55.9 Å². The average molecular weight is 396 g/mol. The summed E-state index contributed by atoms with van der Waals surface area (Å²) in [5.74, 6) is -0.333. The lowest BCUT2D eigenvalue weighted by Gasteiger charge is -2.42. The van der Waals surface area contributed by atoms with Crippen LogP contribution in [0.15, 0.2) is 30.3 Å². The fourth-order valence-corrected chi connectivity index (χ4v) is 2.74. The molecule has 0 bridgehead atoms. The highest BCUT2D eigenvalue weighted by atomic mass is 16.5. The Bertz CT molecular complexity index is 504. The maximum absolute atomic E-state index is 9.22. The molecule has 7 nitrogen and oxygen atoms in total. The first kappa shape index (κ1) is 26.0. The number of ether oxygens (including phenoxy) is 1. The van der Waals surface area contributed by atoms with Gasteiger partial charge in [-0.25, -0.2) is 0 Å². The fraction of sp³-hybridized carbons (Fsp3) is 0.619. The number of hydrogen-bond donors (Lipinski definition) is 4. The van der Waals surface area contributed by atoms with Gasteiger partial charge in [0.05, 0.1) is 18.8 Å². The van der Waals surface area contributed by atoms with Gasteiger partial charge in [-0.05, 0) is 31.5 Å². The Morgan fingerprint density at radius 3 is 2.32 bits per heavy atom. The van der Waals surface area contributed by atoms with Crippen molar-refractivity contribution in [3.8, 4) is 0 Å². The van der Waals surface area contributed by atoms with Gasteiger partial charge in [0, 0.05) is 13.5 Å². The van der Waals surface area contributed by atoms with Crippen LogP contribution >= 0.6 is 0 Å². The molecular weight excluding hydrogens is 358 g/mol. The number of carboxylic acid groups (broad SMARTS) is 1. The minimum atomic E-state index is -0.333. The van der Waals surface area contributed by atoms with Crippen LogP contribution in [0.3, 0.4) is 0 Å². The third-order valence-electron chi connectivity index (χ3n) is 4.18. The Hall–Kier alpha value is -1.96. The molecule has 0 unspecified atom stereocenters. The lowest BCUT2D eigenvalue weighted by molar-refractivity contribution is -0.123. The van der Waals surface area contributed by atoms with Crippen LogP contribution in [0.4, 0.5) is 0 Å². The van der Waals surface area contributed by atoms with Crippen molar-refractivity contribution in [3.05, 3.63) is 35.9 Å². The van der Waals surface area contributed by atoms with E-state index >= 15 is 0 Å². The van der Waals surface area contributed by atoms with Crippen LogP contribution in [0.1, 0.15) is 45.1 Å². The smallest absolute Gasteiger partial charge is 0.290 e. The molecular formula is C21H37N3O4. The molecule has 0 aliphatic carbocycles. The number of carbonyl (C=O) groups excluding carboxylic acids is 1. The number of nitrogens with two attached hydrogens (primary N) is 1. The number of nitrogens with one attached hydrogen (secondary N) is 2. The van der Waals surface area contributed by atoms with Crippen molar-refractivity contribution < 1.29 is 19.4 Å². The molecule has 1 aliphatic rings. The van der Waals surface area contributed by atoms with Crippen LogP contribution in [0.5, 0.6) is 0 Å². The van der Waals surface area contributed by atoms with Gasteiger partial charge < -0.3 is 26.2 Å². The molecule has 0 radical (unpaired) electrons. The standard InChI is InChI=1S/C18H30N2O.C2H5NO.CH2O2/c1-2-3-4-8-12-19-14-18(15-21-16-18)20-13-11-17-9-6-5-7-10-17;1-2(3)4;2-1-3/h5-7,9-10,19-20H,2-4,8,11-16H2,1H3;1H3,(H2,3,4);1H,(H,2,3). The van der Waals surface area contributed by atoms with Crippen molar-refractivity contribution in [2.45, 2.75) is 51.5 Å². The van der Waals surface area contributed by atoms with Gasteiger partial charge in [-0.3, -0.25) is 9.59 Å². The predicted octanol–water partition coefficient (Wildman–Crippen LogP) is 1.95. The van der Waals surface area contributed by atoms with E-state index in [1.54, 1.807) is 0 Å². The van der Waals surface area contributed by atoms with Gasteiger partial charge in [0.2, 0.25) is 5.91 Å². The summed E-state index contributed by atoms with van der Waals surface area (Å²) in [6.07, 6.45) is 6.37. The van der Waals surface area contributed by atoms with Crippen molar-refractivity contribution in [1.82, 2.24) is 10.6 Å². The van der Waals surface area contributed by atoms with Gasteiger partial charge >= 0.3 is 0 Å². The fourth-order valence-electron chi connectivity index (χ4n) is 2.74. The number of primary amides is 1. The second kappa shape index (κ2) is 17.2. The lowest BCUT2D eigenvalue weighted by Crippen LogP contribution is -2.65. The lowest BCUT2D eigenvalue weighted by atomic mass is 9.96. The van der Waals surface area contributed by atoms with Crippen LogP contribution in [0.2, 0.25) is 0 Å². The van der Waals surface area contributed by atoms with Gasteiger partial charge in [0.1, 0.15) is 0 Å². The number of carbonyl (C=O) groups is 2. The highest BCUT2D eigenvalue weighted by Crippen LogP contribution is 2.16. The van der Waals surface area contributed by atoms with Crippen LogP contribution in [0.25, 0.3) is 0 Å². The Morgan fingerprint density at radius 2 is 1.82 bits per heavy atom. The van der Waals surface area contributed by atoms with E-state index in [1.165, 1.54) is 38.2 Å². The maximum Gasteiger partial charge on any atom is 0.290 e. The summed E-state index contributed by atoms with van der Waals surface area (Å²) in [6.45, 7) is 8.15. The van der Waals surface area contributed by atoms with E-state index in [1.807, 2.05) is 0 Å². The number of hydrogen-bond acceptors (Lipinski definition) is 5. The molecule has 160 valence electrons. The minimum Gasteiger partial charge on any atom is -0.483 e. The summed E-state index contributed by atoms with van der Waals surface area (Å²) in [6, 6.07) is 10.7. The van der Waals surface area contributed by atoms with Crippen molar-refractivity contribution in [1.29, 1.82) is 0 Å². The van der Waals surface area contributed by atoms with E-state index in [4.69, 9.17) is 14.6 Å². The van der Waals surface area contributed by atoms with Crippen molar-refractivity contribution in [2.75, 3.05) is 32.8 Å². The Labute approximate surface area is 169 Å². The van der Waals surface area contributed by atoms with Crippen LogP contribution in [-0.2, 0) is 20.7 Å². The zero-order valence-corrected chi connectivity index (χ0v) is 17.3. The summed E-state index contributed by atoms with van der Waals surface area (Å²) < 4.78 is 5.43. The van der Waals surface area contributed by atoms with E-state index in [0.717, 1.165) is 39.3 Å². The Kier molecular flexibility index (Phi) is 16.0. The third kappa shape index (κ3) is 14.1. The zero-order chi connectivity index (χ0) is 21.1. The average Bonchev–Trinajstić information content (AvgIpc) is 2.63. The normalized spacial score (nSPS) is 13.8. The topological polar surface area (TPSA) is 114 Å². The quantitative estimate of drug-likeness (QED) is 0.336. The summed E-state index contributed by atoms with van der Waals surface area (Å²) in [4.78, 5) is 17.6. The van der Waals surface area contributed by atoms with E-state index in [2.05, 4.69) is 53.6 Å². The molecule has 1 heterocycles. The molecule has 1 fully saturated rings. The molecule has 5 N–H and O–H groups in total. The minimum absolute atomic E-state index is 0.166. The van der Waals surface area contributed by atoms with Crippen LogP contribution < -0.4 is 16.4 Å². The van der Waals surface area contributed by atoms with Crippen LogP contribution in [0, 0.1) is 0 Å². The number of benzene rings is 1.